The van der Waals surface area contributed by atoms with Crippen molar-refractivity contribution in [2.75, 3.05) is 0 Å². The maximum atomic E-state index is 10.6. The summed E-state index contributed by atoms with van der Waals surface area (Å²) in [5, 5.41) is 12.0. The molecule has 1 N–H and O–H groups in total. The second-order valence-electron chi connectivity index (χ2n) is 2.23. The van der Waals surface area contributed by atoms with Gasteiger partial charge in [-0.15, -0.1) is 0 Å². The molecule has 0 atom stereocenters. The molecule has 0 fully saturated rings. The molecule has 0 saturated carbocycles. The van der Waals surface area contributed by atoms with Crippen LogP contribution in [0.1, 0.15) is 15.9 Å². The number of nitrogens with zero attached hydrogens (tertiary/aromatic N) is 4. The van der Waals surface area contributed by atoms with Crippen molar-refractivity contribution in [2.24, 2.45) is 5.11 Å². The molecule has 0 aliphatic rings. The van der Waals surface area contributed by atoms with Gasteiger partial charge in [0.2, 0.25) is 0 Å². The fraction of sp³-hybridized carbons (Fsp3) is 0.143. The highest BCUT2D eigenvalue weighted by Crippen LogP contribution is 2.07. The Morgan fingerprint density at radius 2 is 2.54 bits per heavy atom. The highest BCUT2D eigenvalue weighted by molar-refractivity contribution is 5.88. The molecule has 0 radical (unpaired) electrons. The molecule has 1 aromatic rings. The van der Waals surface area contributed by atoms with Crippen LogP contribution in [0.25, 0.3) is 10.4 Å². The Morgan fingerprint density at radius 3 is 3.15 bits per heavy atom. The summed E-state index contributed by atoms with van der Waals surface area (Å²) in [6.07, 6.45) is 2.68. The summed E-state index contributed by atoms with van der Waals surface area (Å²) < 4.78 is 0. The molecule has 0 spiro atoms. The van der Waals surface area contributed by atoms with E-state index in [0.717, 1.165) is 0 Å². The molecule has 0 aliphatic carbocycles. The zero-order chi connectivity index (χ0) is 9.68. The van der Waals surface area contributed by atoms with Crippen molar-refractivity contribution in [1.82, 2.24) is 4.98 Å². The van der Waals surface area contributed by atoms with Crippen molar-refractivity contribution in [1.29, 1.82) is 0 Å². The smallest absolute Gasteiger partial charge is 0.337 e. The first-order valence-electron chi connectivity index (χ1n) is 3.42. The van der Waals surface area contributed by atoms with Crippen LogP contribution in [0.4, 0.5) is 0 Å². The van der Waals surface area contributed by atoms with Crippen LogP contribution in [0.15, 0.2) is 23.6 Å². The lowest BCUT2D eigenvalue weighted by atomic mass is 10.1. The monoisotopic (exact) mass is 178 g/mol. The molecule has 0 saturated heterocycles. The number of carbonyl (C=O) groups is 1. The van der Waals surface area contributed by atoms with Crippen LogP contribution >= 0.6 is 0 Å². The summed E-state index contributed by atoms with van der Waals surface area (Å²) in [4.78, 5) is 16.8. The quantitative estimate of drug-likeness (QED) is 0.432. The van der Waals surface area contributed by atoms with Gasteiger partial charge in [-0.25, -0.2) is 4.79 Å². The van der Waals surface area contributed by atoms with Gasteiger partial charge in [-0.1, -0.05) is 5.11 Å². The van der Waals surface area contributed by atoms with Crippen molar-refractivity contribution < 1.29 is 9.90 Å². The fourth-order valence-electron chi connectivity index (χ4n) is 0.862. The Bertz CT molecular complexity index is 371. The minimum atomic E-state index is -1.07. The van der Waals surface area contributed by atoms with Gasteiger partial charge in [0.05, 0.1) is 12.1 Å². The topological polar surface area (TPSA) is 99.0 Å². The number of rotatable bonds is 3. The Balaban J connectivity index is 3.04. The third-order valence-electron chi connectivity index (χ3n) is 1.45. The summed E-state index contributed by atoms with van der Waals surface area (Å²) in [6.45, 7) is 0.0284. The van der Waals surface area contributed by atoms with Crippen LogP contribution in [-0.4, -0.2) is 16.1 Å². The minimum absolute atomic E-state index is 0.0284. The number of pyridine rings is 1. The second kappa shape index (κ2) is 4.08. The number of aromatic nitrogens is 1. The number of azide groups is 1. The average molecular weight is 178 g/mol. The van der Waals surface area contributed by atoms with E-state index in [4.69, 9.17) is 10.6 Å². The van der Waals surface area contributed by atoms with E-state index < -0.39 is 5.97 Å². The molecule has 1 heterocycles. The molecule has 13 heavy (non-hydrogen) atoms. The van der Waals surface area contributed by atoms with E-state index in [2.05, 4.69) is 15.0 Å². The van der Waals surface area contributed by atoms with Crippen molar-refractivity contribution >= 4 is 5.97 Å². The lowest BCUT2D eigenvalue weighted by molar-refractivity contribution is 0.0695. The molecular weight excluding hydrogens is 172 g/mol. The first-order chi connectivity index (χ1) is 6.25. The number of carboxylic acid groups (broad SMARTS) is 1. The van der Waals surface area contributed by atoms with E-state index in [9.17, 15) is 4.79 Å². The first kappa shape index (κ1) is 9.02. The number of hydrogen-bond acceptors (Lipinski definition) is 3. The molecule has 1 rings (SSSR count). The highest BCUT2D eigenvalue weighted by atomic mass is 16.4. The number of hydrogen-bond donors (Lipinski definition) is 1. The van der Waals surface area contributed by atoms with Crippen molar-refractivity contribution in [3.63, 3.8) is 0 Å². The third kappa shape index (κ3) is 2.18. The predicted octanol–water partition coefficient (Wildman–Crippen LogP) is 1.59. The van der Waals surface area contributed by atoms with Crippen molar-refractivity contribution in [3.05, 3.63) is 40.0 Å². The number of carboxylic acids is 1. The third-order valence-corrected chi connectivity index (χ3v) is 1.45. The van der Waals surface area contributed by atoms with Gasteiger partial charge in [0.1, 0.15) is 0 Å². The predicted molar refractivity (Wildman–Crippen MR) is 44.0 cm³/mol. The van der Waals surface area contributed by atoms with Crippen LogP contribution in [0.2, 0.25) is 0 Å². The van der Waals surface area contributed by atoms with E-state index in [-0.39, 0.29) is 12.1 Å². The zero-order valence-corrected chi connectivity index (χ0v) is 6.58. The Hall–Kier alpha value is -2.07. The molecule has 0 bridgehead atoms. The molecule has 0 aromatic carbocycles. The van der Waals surface area contributed by atoms with E-state index in [1.165, 1.54) is 18.5 Å². The highest BCUT2D eigenvalue weighted by Gasteiger charge is 2.07. The lowest BCUT2D eigenvalue weighted by Gasteiger charge is -1.99. The first-order valence-corrected chi connectivity index (χ1v) is 3.42. The van der Waals surface area contributed by atoms with E-state index in [0.29, 0.717) is 5.56 Å². The minimum Gasteiger partial charge on any atom is -0.478 e. The molecule has 6 nitrogen and oxygen atoms in total. The Labute approximate surface area is 73.5 Å². The van der Waals surface area contributed by atoms with Crippen LogP contribution in [0.5, 0.6) is 0 Å². The Kier molecular flexibility index (Phi) is 2.83. The maximum absolute atomic E-state index is 10.6. The SMILES string of the molecule is [N-]=[N+]=NCc1ccncc1C(=O)O. The average Bonchev–Trinajstić information content (AvgIpc) is 2.15. The van der Waals surface area contributed by atoms with Gasteiger partial charge in [-0.2, -0.15) is 0 Å². The maximum Gasteiger partial charge on any atom is 0.337 e. The summed E-state index contributed by atoms with van der Waals surface area (Å²) in [7, 11) is 0. The van der Waals surface area contributed by atoms with Gasteiger partial charge < -0.3 is 5.11 Å². The summed E-state index contributed by atoms with van der Waals surface area (Å²) in [5.74, 6) is -1.07. The van der Waals surface area contributed by atoms with Gasteiger partial charge >= 0.3 is 5.97 Å². The number of aromatic carboxylic acids is 1. The second-order valence-corrected chi connectivity index (χ2v) is 2.23. The van der Waals surface area contributed by atoms with Crippen molar-refractivity contribution in [2.45, 2.75) is 6.54 Å². The van der Waals surface area contributed by atoms with Crippen LogP contribution in [-0.2, 0) is 6.54 Å². The zero-order valence-electron chi connectivity index (χ0n) is 6.58. The normalized spacial score (nSPS) is 8.92. The largest absolute Gasteiger partial charge is 0.478 e. The Morgan fingerprint density at radius 1 is 1.77 bits per heavy atom. The van der Waals surface area contributed by atoms with E-state index >= 15 is 0 Å². The molecule has 66 valence electrons. The molecule has 1 aromatic heterocycles. The lowest BCUT2D eigenvalue weighted by Crippen LogP contribution is -2.02. The summed E-state index contributed by atoms with van der Waals surface area (Å²) >= 11 is 0. The standard InChI is InChI=1S/C7H6N4O2/c8-11-10-3-5-1-2-9-4-6(5)7(12)13/h1-2,4H,3H2,(H,12,13). The van der Waals surface area contributed by atoms with Gasteiger partial charge in [-0.05, 0) is 17.2 Å². The van der Waals surface area contributed by atoms with Gasteiger partial charge in [0.25, 0.3) is 0 Å². The fourth-order valence-corrected chi connectivity index (χ4v) is 0.862. The summed E-state index contributed by atoms with van der Waals surface area (Å²) in [5.41, 5.74) is 8.58. The van der Waals surface area contributed by atoms with E-state index in [1.54, 1.807) is 0 Å². The van der Waals surface area contributed by atoms with Gasteiger partial charge in [-0.3, -0.25) is 4.98 Å². The molecule has 0 unspecified atom stereocenters. The van der Waals surface area contributed by atoms with Gasteiger partial charge in [0, 0.05) is 17.3 Å². The van der Waals surface area contributed by atoms with E-state index in [1.807, 2.05) is 0 Å². The van der Waals surface area contributed by atoms with Gasteiger partial charge in [0.15, 0.2) is 0 Å². The molecule has 6 heteroatoms. The van der Waals surface area contributed by atoms with Crippen LogP contribution < -0.4 is 0 Å². The molecular formula is C7H6N4O2. The van der Waals surface area contributed by atoms with Crippen LogP contribution in [0.3, 0.4) is 0 Å². The summed E-state index contributed by atoms with van der Waals surface area (Å²) in [6, 6.07) is 1.51. The molecule has 0 amide bonds. The van der Waals surface area contributed by atoms with Crippen molar-refractivity contribution in [3.8, 4) is 0 Å². The van der Waals surface area contributed by atoms with Crippen LogP contribution in [0, 0.1) is 0 Å². The molecule has 0 aliphatic heterocycles.